The van der Waals surface area contributed by atoms with E-state index in [2.05, 4.69) is 10.2 Å². The van der Waals surface area contributed by atoms with Gasteiger partial charge < -0.3 is 4.74 Å². The first-order valence-electron chi connectivity index (χ1n) is 5.38. The molecule has 0 spiro atoms. The summed E-state index contributed by atoms with van der Waals surface area (Å²) in [4.78, 5) is 0. The van der Waals surface area contributed by atoms with Crippen LogP contribution in [0.2, 0.25) is 10.3 Å². The van der Waals surface area contributed by atoms with Crippen molar-refractivity contribution < 1.29 is 4.74 Å². The van der Waals surface area contributed by atoms with Gasteiger partial charge in [0.25, 0.3) is 0 Å². The molecule has 0 saturated heterocycles. The first-order valence-corrected chi connectivity index (χ1v) is 6.13. The molecule has 18 heavy (non-hydrogen) atoms. The number of halogens is 2. The molecular weight excluding hydrogens is 271 g/mol. The minimum Gasteiger partial charge on any atom is -0.496 e. The minimum atomic E-state index is 0.301. The third-order valence-corrected chi connectivity index (χ3v) is 3.35. The lowest BCUT2D eigenvalue weighted by molar-refractivity contribution is 0.413. The number of aromatic nitrogens is 2. The van der Waals surface area contributed by atoms with E-state index in [1.54, 1.807) is 13.2 Å². The Bertz CT molecular complexity index is 600. The molecule has 5 heteroatoms. The standard InChI is InChI=1S/C13H12Cl2N2O/c1-7-4-5-9(12(18-3)8(7)2)10-6-11(14)16-17-13(10)15/h4-6H,1-3H3. The van der Waals surface area contributed by atoms with Gasteiger partial charge >= 0.3 is 0 Å². The summed E-state index contributed by atoms with van der Waals surface area (Å²) in [6.07, 6.45) is 0. The zero-order chi connectivity index (χ0) is 13.3. The van der Waals surface area contributed by atoms with Crippen LogP contribution in [0.3, 0.4) is 0 Å². The summed E-state index contributed by atoms with van der Waals surface area (Å²) in [6.45, 7) is 4.03. The van der Waals surface area contributed by atoms with E-state index in [0.29, 0.717) is 10.3 Å². The Morgan fingerprint density at radius 3 is 2.44 bits per heavy atom. The van der Waals surface area contributed by atoms with Crippen molar-refractivity contribution in [2.24, 2.45) is 0 Å². The Hall–Kier alpha value is -1.32. The molecule has 1 aromatic heterocycles. The first kappa shape index (κ1) is 13.1. The fourth-order valence-electron chi connectivity index (χ4n) is 1.81. The van der Waals surface area contributed by atoms with E-state index in [1.165, 1.54) is 0 Å². The maximum absolute atomic E-state index is 6.06. The summed E-state index contributed by atoms with van der Waals surface area (Å²) >= 11 is 11.9. The summed E-state index contributed by atoms with van der Waals surface area (Å²) in [6, 6.07) is 5.64. The van der Waals surface area contributed by atoms with Crippen LogP contribution in [0.25, 0.3) is 11.1 Å². The molecule has 0 bridgehead atoms. The van der Waals surface area contributed by atoms with Crippen LogP contribution in [-0.4, -0.2) is 17.3 Å². The highest BCUT2D eigenvalue weighted by Crippen LogP contribution is 2.37. The molecule has 0 radical (unpaired) electrons. The Kier molecular flexibility index (Phi) is 3.73. The number of ether oxygens (including phenoxy) is 1. The van der Waals surface area contributed by atoms with Crippen LogP contribution < -0.4 is 4.74 Å². The second-order valence-corrected chi connectivity index (χ2v) is 4.71. The zero-order valence-electron chi connectivity index (χ0n) is 10.3. The van der Waals surface area contributed by atoms with Crippen LogP contribution >= 0.6 is 23.2 Å². The van der Waals surface area contributed by atoms with E-state index in [0.717, 1.165) is 28.0 Å². The normalized spacial score (nSPS) is 10.5. The molecule has 0 aliphatic rings. The highest BCUT2D eigenvalue weighted by molar-refractivity contribution is 6.33. The van der Waals surface area contributed by atoms with Crippen molar-refractivity contribution in [2.45, 2.75) is 13.8 Å². The van der Waals surface area contributed by atoms with Crippen molar-refractivity contribution in [3.63, 3.8) is 0 Å². The van der Waals surface area contributed by atoms with Crippen LogP contribution in [0.1, 0.15) is 11.1 Å². The fourth-order valence-corrected chi connectivity index (χ4v) is 2.15. The van der Waals surface area contributed by atoms with E-state index >= 15 is 0 Å². The third-order valence-electron chi connectivity index (χ3n) is 2.89. The van der Waals surface area contributed by atoms with Crippen molar-refractivity contribution in [1.82, 2.24) is 10.2 Å². The zero-order valence-corrected chi connectivity index (χ0v) is 11.8. The van der Waals surface area contributed by atoms with E-state index in [1.807, 2.05) is 26.0 Å². The van der Waals surface area contributed by atoms with E-state index < -0.39 is 0 Å². The molecule has 0 fully saturated rings. The first-order chi connectivity index (χ1) is 8.54. The molecule has 0 atom stereocenters. The summed E-state index contributed by atoms with van der Waals surface area (Å²) in [5.41, 5.74) is 3.80. The molecule has 0 aliphatic heterocycles. The number of benzene rings is 1. The Morgan fingerprint density at radius 1 is 1.06 bits per heavy atom. The highest BCUT2D eigenvalue weighted by atomic mass is 35.5. The Labute approximate surface area is 116 Å². The highest BCUT2D eigenvalue weighted by Gasteiger charge is 2.14. The van der Waals surface area contributed by atoms with Crippen molar-refractivity contribution in [1.29, 1.82) is 0 Å². The molecule has 1 heterocycles. The Balaban J connectivity index is 2.71. The largest absolute Gasteiger partial charge is 0.496 e. The number of nitrogens with zero attached hydrogens (tertiary/aromatic N) is 2. The van der Waals surface area contributed by atoms with Crippen LogP contribution in [0.15, 0.2) is 18.2 Å². The van der Waals surface area contributed by atoms with Gasteiger partial charge in [-0.05, 0) is 31.0 Å². The van der Waals surface area contributed by atoms with Gasteiger partial charge in [-0.2, -0.15) is 0 Å². The van der Waals surface area contributed by atoms with Gasteiger partial charge in [-0.1, -0.05) is 35.3 Å². The molecular formula is C13H12Cl2N2O. The second-order valence-electron chi connectivity index (χ2n) is 3.96. The van der Waals surface area contributed by atoms with E-state index in [4.69, 9.17) is 27.9 Å². The van der Waals surface area contributed by atoms with Gasteiger partial charge in [-0.15, -0.1) is 10.2 Å². The van der Waals surface area contributed by atoms with Crippen LogP contribution in [-0.2, 0) is 0 Å². The smallest absolute Gasteiger partial charge is 0.159 e. The van der Waals surface area contributed by atoms with Gasteiger partial charge in [-0.25, -0.2) is 0 Å². The molecule has 0 unspecified atom stereocenters. The summed E-state index contributed by atoms with van der Waals surface area (Å²) < 4.78 is 5.46. The molecule has 1 aromatic carbocycles. The van der Waals surface area contributed by atoms with Crippen molar-refractivity contribution in [2.75, 3.05) is 7.11 Å². The lowest BCUT2D eigenvalue weighted by Gasteiger charge is -2.14. The maximum Gasteiger partial charge on any atom is 0.159 e. The maximum atomic E-state index is 6.06. The summed E-state index contributed by atoms with van der Waals surface area (Å²) in [5.74, 6) is 0.779. The SMILES string of the molecule is COc1c(-c2cc(Cl)nnc2Cl)ccc(C)c1C. The number of aryl methyl sites for hydroxylation is 1. The monoisotopic (exact) mass is 282 g/mol. The van der Waals surface area contributed by atoms with Gasteiger partial charge in [0.05, 0.1) is 7.11 Å². The fraction of sp³-hybridized carbons (Fsp3) is 0.231. The van der Waals surface area contributed by atoms with Crippen LogP contribution in [0.5, 0.6) is 5.75 Å². The van der Waals surface area contributed by atoms with Crippen molar-refractivity contribution in [3.8, 4) is 16.9 Å². The molecule has 94 valence electrons. The van der Waals surface area contributed by atoms with Gasteiger partial charge in [0, 0.05) is 11.1 Å². The predicted octanol–water partition coefficient (Wildman–Crippen LogP) is 4.08. The lowest BCUT2D eigenvalue weighted by Crippen LogP contribution is -1.96. The number of hydrogen-bond donors (Lipinski definition) is 0. The molecule has 2 aromatic rings. The number of hydrogen-bond acceptors (Lipinski definition) is 3. The number of methoxy groups -OCH3 is 1. The molecule has 2 rings (SSSR count). The topological polar surface area (TPSA) is 35.0 Å². The lowest BCUT2D eigenvalue weighted by atomic mass is 10.00. The molecule has 3 nitrogen and oxygen atoms in total. The van der Waals surface area contributed by atoms with Gasteiger partial charge in [-0.3, -0.25) is 0 Å². The van der Waals surface area contributed by atoms with Crippen LogP contribution in [0.4, 0.5) is 0 Å². The number of rotatable bonds is 2. The summed E-state index contributed by atoms with van der Waals surface area (Å²) in [7, 11) is 1.63. The van der Waals surface area contributed by atoms with Crippen molar-refractivity contribution in [3.05, 3.63) is 39.6 Å². The van der Waals surface area contributed by atoms with Crippen LogP contribution in [0, 0.1) is 13.8 Å². The van der Waals surface area contributed by atoms with Crippen molar-refractivity contribution >= 4 is 23.2 Å². The quantitative estimate of drug-likeness (QED) is 0.833. The molecule has 0 saturated carbocycles. The molecule has 0 aliphatic carbocycles. The minimum absolute atomic E-state index is 0.301. The van der Waals surface area contributed by atoms with Gasteiger partial charge in [0.1, 0.15) is 5.75 Å². The molecule has 0 amide bonds. The predicted molar refractivity (Wildman–Crippen MR) is 73.5 cm³/mol. The third kappa shape index (κ3) is 2.28. The average molecular weight is 283 g/mol. The van der Waals surface area contributed by atoms with Gasteiger partial charge in [0.15, 0.2) is 10.3 Å². The summed E-state index contributed by atoms with van der Waals surface area (Å²) in [5, 5.41) is 8.12. The second kappa shape index (κ2) is 5.12. The average Bonchev–Trinajstić information content (AvgIpc) is 2.35. The molecule has 0 N–H and O–H groups in total. The van der Waals surface area contributed by atoms with E-state index in [-0.39, 0.29) is 0 Å². The van der Waals surface area contributed by atoms with E-state index in [9.17, 15) is 0 Å². The van der Waals surface area contributed by atoms with Gasteiger partial charge in [0.2, 0.25) is 0 Å². The Morgan fingerprint density at radius 2 is 1.78 bits per heavy atom.